The van der Waals surface area contributed by atoms with Gasteiger partial charge in [-0.15, -0.1) is 0 Å². The Hall–Kier alpha value is -3.66. The average molecular weight is 362 g/mol. The third-order valence-corrected chi connectivity index (χ3v) is 4.17. The van der Waals surface area contributed by atoms with Crippen molar-refractivity contribution in [1.82, 2.24) is 0 Å². The van der Waals surface area contributed by atoms with E-state index in [-0.39, 0.29) is 17.7 Å². The second kappa shape index (κ2) is 7.70. The molecule has 2 aromatic carbocycles. The minimum atomic E-state index is -0.395. The quantitative estimate of drug-likeness (QED) is 0.759. The lowest BCUT2D eigenvalue weighted by Gasteiger charge is -2.08. The van der Waals surface area contributed by atoms with E-state index in [2.05, 4.69) is 16.0 Å². The van der Waals surface area contributed by atoms with E-state index in [0.29, 0.717) is 29.0 Å². The summed E-state index contributed by atoms with van der Waals surface area (Å²) in [4.78, 5) is 35.8. The normalized spacial score (nSPS) is 17.3. The highest BCUT2D eigenvalue weighted by molar-refractivity contribution is 6.03. The smallest absolute Gasteiger partial charge is 0.228 e. The number of rotatable bonds is 5. The van der Waals surface area contributed by atoms with Crippen LogP contribution in [0.4, 0.5) is 17.1 Å². The molecule has 2 atom stereocenters. The maximum absolute atomic E-state index is 12.4. The lowest BCUT2D eigenvalue weighted by Crippen LogP contribution is -2.20. The Morgan fingerprint density at radius 1 is 0.889 bits per heavy atom. The number of nitrogens with zero attached hydrogens (tertiary/aromatic N) is 1. The van der Waals surface area contributed by atoms with Gasteiger partial charge in [0.25, 0.3) is 0 Å². The Morgan fingerprint density at radius 2 is 1.41 bits per heavy atom. The standard InChI is InChI=1S/C20H18N4O3/c1-12(25)22-15-6-3-7-16(9-15)24-20(27)18-10-17(18)19(26)23-14-5-2-4-13(8-14)11-21/h2-9,17-18H,10H2,1H3,(H,22,25)(H,23,26)(H,24,27). The van der Waals surface area contributed by atoms with E-state index in [9.17, 15) is 14.4 Å². The molecule has 1 saturated carbocycles. The second-order valence-electron chi connectivity index (χ2n) is 6.38. The molecule has 1 aliphatic carbocycles. The largest absolute Gasteiger partial charge is 0.326 e. The lowest BCUT2D eigenvalue weighted by atomic mass is 10.2. The minimum Gasteiger partial charge on any atom is -0.326 e. The zero-order valence-corrected chi connectivity index (χ0v) is 14.7. The van der Waals surface area contributed by atoms with Crippen molar-refractivity contribution < 1.29 is 14.4 Å². The Balaban J connectivity index is 1.56. The fourth-order valence-corrected chi connectivity index (χ4v) is 2.79. The van der Waals surface area contributed by atoms with Gasteiger partial charge in [-0.1, -0.05) is 12.1 Å². The van der Waals surface area contributed by atoms with Gasteiger partial charge in [0.1, 0.15) is 0 Å². The van der Waals surface area contributed by atoms with E-state index in [1.807, 2.05) is 6.07 Å². The van der Waals surface area contributed by atoms with Crippen LogP contribution >= 0.6 is 0 Å². The van der Waals surface area contributed by atoms with E-state index in [1.165, 1.54) is 6.92 Å². The topological polar surface area (TPSA) is 111 Å². The van der Waals surface area contributed by atoms with Crippen LogP contribution in [-0.4, -0.2) is 17.7 Å². The molecule has 3 amide bonds. The van der Waals surface area contributed by atoms with E-state index in [1.54, 1.807) is 48.5 Å². The number of nitrogens with one attached hydrogen (secondary N) is 3. The van der Waals surface area contributed by atoms with Gasteiger partial charge in [0.15, 0.2) is 0 Å². The summed E-state index contributed by atoms with van der Waals surface area (Å²) in [6.07, 6.45) is 0.473. The van der Waals surface area contributed by atoms with Crippen molar-refractivity contribution >= 4 is 34.8 Å². The molecule has 3 rings (SSSR count). The summed E-state index contributed by atoms with van der Waals surface area (Å²) >= 11 is 0. The highest BCUT2D eigenvalue weighted by atomic mass is 16.2. The van der Waals surface area contributed by atoms with Crippen LogP contribution in [0.25, 0.3) is 0 Å². The predicted molar refractivity (Wildman–Crippen MR) is 101 cm³/mol. The molecule has 136 valence electrons. The van der Waals surface area contributed by atoms with Gasteiger partial charge in [-0.3, -0.25) is 14.4 Å². The average Bonchev–Trinajstić information content (AvgIpc) is 3.42. The summed E-state index contributed by atoms with van der Waals surface area (Å²) < 4.78 is 0. The van der Waals surface area contributed by atoms with E-state index in [4.69, 9.17) is 5.26 Å². The molecular formula is C20H18N4O3. The van der Waals surface area contributed by atoms with Crippen LogP contribution in [0.15, 0.2) is 48.5 Å². The highest BCUT2D eigenvalue weighted by Gasteiger charge is 2.48. The van der Waals surface area contributed by atoms with Gasteiger partial charge in [-0.25, -0.2) is 0 Å². The van der Waals surface area contributed by atoms with Crippen molar-refractivity contribution in [1.29, 1.82) is 5.26 Å². The SMILES string of the molecule is CC(=O)Nc1cccc(NC(=O)C2CC2C(=O)Nc2cccc(C#N)c2)c1. The van der Waals surface area contributed by atoms with Gasteiger partial charge < -0.3 is 16.0 Å². The molecule has 0 aromatic heterocycles. The van der Waals surface area contributed by atoms with Crippen molar-refractivity contribution in [2.24, 2.45) is 11.8 Å². The Bertz CT molecular complexity index is 948. The number of amides is 3. The van der Waals surface area contributed by atoms with E-state index >= 15 is 0 Å². The molecule has 0 spiro atoms. The molecule has 7 heteroatoms. The number of benzene rings is 2. The van der Waals surface area contributed by atoms with Crippen LogP contribution in [-0.2, 0) is 14.4 Å². The monoisotopic (exact) mass is 362 g/mol. The van der Waals surface area contributed by atoms with Crippen molar-refractivity contribution in [2.75, 3.05) is 16.0 Å². The third kappa shape index (κ3) is 4.70. The number of hydrogen-bond donors (Lipinski definition) is 3. The van der Waals surface area contributed by atoms with Crippen LogP contribution in [0.3, 0.4) is 0 Å². The maximum Gasteiger partial charge on any atom is 0.228 e. The molecule has 1 fully saturated rings. The lowest BCUT2D eigenvalue weighted by molar-refractivity contribution is -0.122. The van der Waals surface area contributed by atoms with Gasteiger partial charge >= 0.3 is 0 Å². The molecule has 2 unspecified atom stereocenters. The van der Waals surface area contributed by atoms with Gasteiger partial charge in [0.2, 0.25) is 17.7 Å². The molecule has 0 aliphatic heterocycles. The van der Waals surface area contributed by atoms with Crippen LogP contribution in [0, 0.1) is 23.2 Å². The van der Waals surface area contributed by atoms with E-state index < -0.39 is 11.8 Å². The fraction of sp³-hybridized carbons (Fsp3) is 0.200. The number of anilines is 3. The van der Waals surface area contributed by atoms with Crippen molar-refractivity contribution in [3.05, 3.63) is 54.1 Å². The molecule has 0 saturated heterocycles. The second-order valence-corrected chi connectivity index (χ2v) is 6.38. The molecule has 2 aromatic rings. The van der Waals surface area contributed by atoms with Crippen molar-refractivity contribution in [2.45, 2.75) is 13.3 Å². The zero-order valence-electron chi connectivity index (χ0n) is 14.7. The molecule has 7 nitrogen and oxygen atoms in total. The first-order valence-corrected chi connectivity index (χ1v) is 8.46. The molecule has 0 bridgehead atoms. The Morgan fingerprint density at radius 3 is 1.96 bits per heavy atom. The third-order valence-electron chi connectivity index (χ3n) is 4.17. The fourth-order valence-electron chi connectivity index (χ4n) is 2.79. The summed E-state index contributed by atoms with van der Waals surface area (Å²) in [5.74, 6) is -1.46. The molecule has 0 radical (unpaired) electrons. The Kier molecular flexibility index (Phi) is 5.18. The molecule has 27 heavy (non-hydrogen) atoms. The summed E-state index contributed by atoms with van der Waals surface area (Å²) in [6.45, 7) is 1.41. The van der Waals surface area contributed by atoms with Crippen LogP contribution < -0.4 is 16.0 Å². The van der Waals surface area contributed by atoms with Crippen LogP contribution in [0.5, 0.6) is 0 Å². The maximum atomic E-state index is 12.4. The summed E-state index contributed by atoms with van der Waals surface area (Å²) in [6, 6.07) is 15.5. The van der Waals surface area contributed by atoms with Crippen LogP contribution in [0.1, 0.15) is 18.9 Å². The van der Waals surface area contributed by atoms with Gasteiger partial charge in [-0.05, 0) is 42.8 Å². The molecule has 1 aliphatic rings. The first-order valence-electron chi connectivity index (χ1n) is 8.46. The first-order chi connectivity index (χ1) is 13.0. The van der Waals surface area contributed by atoms with Gasteiger partial charge in [0.05, 0.1) is 23.5 Å². The van der Waals surface area contributed by atoms with Crippen molar-refractivity contribution in [3.8, 4) is 6.07 Å². The molecular weight excluding hydrogens is 344 g/mol. The van der Waals surface area contributed by atoms with Gasteiger partial charge in [-0.2, -0.15) is 5.26 Å². The number of carbonyl (C=O) groups is 3. The molecule has 3 N–H and O–H groups in total. The predicted octanol–water partition coefficient (Wildman–Crippen LogP) is 2.73. The molecule has 0 heterocycles. The number of nitriles is 1. The van der Waals surface area contributed by atoms with Gasteiger partial charge in [0, 0.05) is 24.0 Å². The summed E-state index contributed by atoms with van der Waals surface area (Å²) in [7, 11) is 0. The van der Waals surface area contributed by atoms with Crippen molar-refractivity contribution in [3.63, 3.8) is 0 Å². The number of hydrogen-bond acceptors (Lipinski definition) is 4. The summed E-state index contributed by atoms with van der Waals surface area (Å²) in [5.41, 5.74) is 2.13. The highest BCUT2D eigenvalue weighted by Crippen LogP contribution is 2.40. The summed E-state index contributed by atoms with van der Waals surface area (Å²) in [5, 5.41) is 17.1. The van der Waals surface area contributed by atoms with E-state index in [0.717, 1.165) is 0 Å². The number of carbonyl (C=O) groups excluding carboxylic acids is 3. The first kappa shape index (κ1) is 18.1. The Labute approximate surface area is 156 Å². The minimum absolute atomic E-state index is 0.196. The zero-order chi connectivity index (χ0) is 19.4. The van der Waals surface area contributed by atoms with Crippen LogP contribution in [0.2, 0.25) is 0 Å².